The number of allylic oxidation sites excluding steroid dienone is 12. The molecule has 0 heterocycles. The molecule has 0 aliphatic rings. The standard InChI is InChI=1S/C48H82NO9P/c1-6-8-10-12-14-15-16-17-18-19-20-25-28-32-36-40-48(52)58-46(44-57-59(53,54)56-42-41-49(3,4)5)43-55-47(51)39-35-31-27-24-22-21-23-26-30-34-38-45(50)37-33-29-13-11-9-7-2/h9,11,15-16,21-22,26-27,29-31,33-34,38,45-46,50H,6-8,10,12-14,17-20,23-25,28,32,35-37,39-44H2,1-5H3/p+1/b11-9-,16-15-,22-21-,30-26-,31-27-,33-29-,38-34+/t45?,46-/m1/s1. The maximum atomic E-state index is 12.7. The molecule has 338 valence electrons. The van der Waals surface area contributed by atoms with Crippen LogP contribution in [0.4, 0.5) is 0 Å². The van der Waals surface area contributed by atoms with E-state index in [0.717, 1.165) is 51.4 Å². The van der Waals surface area contributed by atoms with Gasteiger partial charge >= 0.3 is 19.8 Å². The molecule has 0 aromatic rings. The zero-order valence-corrected chi connectivity index (χ0v) is 38.5. The van der Waals surface area contributed by atoms with Gasteiger partial charge in [0.05, 0.1) is 33.9 Å². The van der Waals surface area contributed by atoms with E-state index < -0.39 is 38.6 Å². The first-order chi connectivity index (χ1) is 28.4. The molecule has 10 nitrogen and oxygen atoms in total. The van der Waals surface area contributed by atoms with Crippen molar-refractivity contribution in [3.63, 3.8) is 0 Å². The smallest absolute Gasteiger partial charge is 0.462 e. The summed E-state index contributed by atoms with van der Waals surface area (Å²) in [4.78, 5) is 35.4. The topological polar surface area (TPSA) is 129 Å². The number of hydrogen-bond donors (Lipinski definition) is 2. The Morgan fingerprint density at radius 2 is 1.20 bits per heavy atom. The maximum absolute atomic E-state index is 12.7. The van der Waals surface area contributed by atoms with E-state index in [2.05, 4.69) is 44.2 Å². The number of phosphoric ester groups is 1. The van der Waals surface area contributed by atoms with Crippen LogP contribution in [0.3, 0.4) is 0 Å². The second-order valence-electron chi connectivity index (χ2n) is 15.9. The lowest BCUT2D eigenvalue weighted by Gasteiger charge is -2.24. The second kappa shape index (κ2) is 39.3. The van der Waals surface area contributed by atoms with Crippen LogP contribution < -0.4 is 0 Å². The van der Waals surface area contributed by atoms with Crippen molar-refractivity contribution >= 4 is 19.8 Å². The van der Waals surface area contributed by atoms with Gasteiger partial charge in [-0.2, -0.15) is 0 Å². The van der Waals surface area contributed by atoms with Crippen LogP contribution in [0.5, 0.6) is 0 Å². The van der Waals surface area contributed by atoms with Crippen molar-refractivity contribution in [3.05, 3.63) is 85.1 Å². The number of hydrogen-bond acceptors (Lipinski definition) is 8. The fourth-order valence-electron chi connectivity index (χ4n) is 5.47. The molecular weight excluding hydrogens is 765 g/mol. The third kappa shape index (κ3) is 43.1. The highest BCUT2D eigenvalue weighted by Gasteiger charge is 2.27. The van der Waals surface area contributed by atoms with Gasteiger partial charge in [0, 0.05) is 12.8 Å². The summed E-state index contributed by atoms with van der Waals surface area (Å²) in [5.74, 6) is -0.939. The van der Waals surface area contributed by atoms with E-state index in [0.29, 0.717) is 30.3 Å². The molecule has 2 unspecified atom stereocenters. The van der Waals surface area contributed by atoms with Gasteiger partial charge in [0.1, 0.15) is 19.8 Å². The lowest BCUT2D eigenvalue weighted by atomic mass is 10.1. The molecule has 2 N–H and O–H groups in total. The Hall–Kier alpha value is -2.85. The summed E-state index contributed by atoms with van der Waals surface area (Å²) in [5, 5.41) is 10.0. The number of carbonyl (C=O) groups is 2. The van der Waals surface area contributed by atoms with Crippen molar-refractivity contribution in [2.45, 2.75) is 161 Å². The van der Waals surface area contributed by atoms with E-state index in [9.17, 15) is 24.2 Å². The fraction of sp³-hybridized carbons (Fsp3) is 0.667. The van der Waals surface area contributed by atoms with Crippen molar-refractivity contribution in [1.82, 2.24) is 0 Å². The fourth-order valence-corrected chi connectivity index (χ4v) is 6.21. The molecule has 0 fully saturated rings. The lowest BCUT2D eigenvalue weighted by molar-refractivity contribution is -0.870. The number of rotatable bonds is 39. The summed E-state index contributed by atoms with van der Waals surface area (Å²) in [6.45, 7) is 4.10. The molecule has 0 spiro atoms. The molecule has 0 aromatic heterocycles. The van der Waals surface area contributed by atoms with Crippen LogP contribution in [-0.2, 0) is 32.7 Å². The molecule has 3 atom stereocenters. The third-order valence-corrected chi connectivity index (χ3v) is 9.99. The Kier molecular flexibility index (Phi) is 37.4. The van der Waals surface area contributed by atoms with E-state index in [1.807, 2.05) is 69.8 Å². The predicted octanol–water partition coefficient (Wildman–Crippen LogP) is 11.8. The molecule has 0 saturated carbocycles. The van der Waals surface area contributed by atoms with Crippen molar-refractivity contribution in [2.24, 2.45) is 0 Å². The van der Waals surface area contributed by atoms with Gasteiger partial charge in [-0.25, -0.2) is 4.57 Å². The summed E-state index contributed by atoms with van der Waals surface area (Å²) < 4.78 is 34.2. The Labute approximate surface area is 359 Å². The molecule has 0 rings (SSSR count). The van der Waals surface area contributed by atoms with Crippen molar-refractivity contribution in [2.75, 3.05) is 47.5 Å². The second-order valence-corrected chi connectivity index (χ2v) is 17.3. The van der Waals surface area contributed by atoms with Crippen LogP contribution in [0.1, 0.15) is 149 Å². The SMILES string of the molecule is CC/C=C\C/C=C\CC(O)/C=C/C=C\C/C=C\C/C=C\CCC(=O)OC[C@H](COP(=O)(O)OCC[N+](C)(C)C)OC(=O)CCCCCCCCC/C=C\CCCCCC. The van der Waals surface area contributed by atoms with Gasteiger partial charge in [-0.05, 0) is 70.6 Å². The highest BCUT2D eigenvalue weighted by atomic mass is 31.2. The van der Waals surface area contributed by atoms with Crippen molar-refractivity contribution < 1.29 is 47.2 Å². The van der Waals surface area contributed by atoms with Gasteiger partial charge in [0.15, 0.2) is 6.10 Å². The Bertz CT molecular complexity index is 1300. The van der Waals surface area contributed by atoms with Crippen LogP contribution in [0.2, 0.25) is 0 Å². The number of esters is 2. The first-order valence-corrected chi connectivity index (χ1v) is 23.9. The number of aliphatic hydroxyl groups is 1. The molecule has 0 radical (unpaired) electrons. The van der Waals surface area contributed by atoms with E-state index in [4.69, 9.17) is 18.5 Å². The Balaban J connectivity index is 4.55. The predicted molar refractivity (Wildman–Crippen MR) is 244 cm³/mol. The highest BCUT2D eigenvalue weighted by molar-refractivity contribution is 7.47. The average molecular weight is 849 g/mol. The van der Waals surface area contributed by atoms with Crippen LogP contribution in [0.25, 0.3) is 0 Å². The first-order valence-electron chi connectivity index (χ1n) is 22.4. The molecular formula is C48H83NO9P+. The van der Waals surface area contributed by atoms with E-state index in [-0.39, 0.29) is 26.1 Å². The molecule has 0 saturated heterocycles. The lowest BCUT2D eigenvalue weighted by Crippen LogP contribution is -2.37. The van der Waals surface area contributed by atoms with Crippen LogP contribution in [-0.4, -0.2) is 86.1 Å². The van der Waals surface area contributed by atoms with Crippen molar-refractivity contribution in [3.8, 4) is 0 Å². The van der Waals surface area contributed by atoms with Crippen LogP contribution in [0, 0.1) is 0 Å². The number of quaternary nitrogens is 1. The highest BCUT2D eigenvalue weighted by Crippen LogP contribution is 2.43. The molecule has 59 heavy (non-hydrogen) atoms. The number of aliphatic hydroxyl groups excluding tert-OH is 1. The maximum Gasteiger partial charge on any atom is 0.472 e. The summed E-state index contributed by atoms with van der Waals surface area (Å²) in [5.41, 5.74) is 0. The van der Waals surface area contributed by atoms with E-state index in [1.54, 1.807) is 6.08 Å². The van der Waals surface area contributed by atoms with E-state index in [1.165, 1.54) is 51.4 Å². The first kappa shape index (κ1) is 56.1. The number of phosphoric acid groups is 1. The van der Waals surface area contributed by atoms with E-state index >= 15 is 0 Å². The summed E-state index contributed by atoms with van der Waals surface area (Å²) in [6, 6.07) is 0. The minimum absolute atomic E-state index is 0.00705. The number of ether oxygens (including phenoxy) is 2. The number of likely N-dealkylation sites (N-methyl/N-ethyl adjacent to an activating group) is 1. The zero-order chi connectivity index (χ0) is 43.7. The van der Waals surface area contributed by atoms with Gasteiger partial charge in [-0.3, -0.25) is 18.6 Å². The van der Waals surface area contributed by atoms with Crippen LogP contribution in [0.15, 0.2) is 85.1 Å². The molecule has 0 bridgehead atoms. The van der Waals surface area contributed by atoms with Gasteiger partial charge < -0.3 is 24.0 Å². The number of unbranched alkanes of at least 4 members (excludes halogenated alkanes) is 11. The molecule has 0 amide bonds. The molecule has 0 aliphatic carbocycles. The van der Waals surface area contributed by atoms with Crippen LogP contribution >= 0.6 is 7.82 Å². The normalized spacial score (nSPS) is 14.9. The Morgan fingerprint density at radius 1 is 0.627 bits per heavy atom. The monoisotopic (exact) mass is 849 g/mol. The summed E-state index contributed by atoms with van der Waals surface area (Å²) in [7, 11) is 1.39. The zero-order valence-electron chi connectivity index (χ0n) is 37.6. The Morgan fingerprint density at radius 3 is 1.86 bits per heavy atom. The van der Waals surface area contributed by atoms with Gasteiger partial charge in [-0.15, -0.1) is 0 Å². The average Bonchev–Trinajstić information content (AvgIpc) is 3.18. The minimum atomic E-state index is -4.41. The van der Waals surface area contributed by atoms with Gasteiger partial charge in [-0.1, -0.05) is 150 Å². The molecule has 0 aliphatic heterocycles. The third-order valence-electron chi connectivity index (χ3n) is 9.00. The summed E-state index contributed by atoms with van der Waals surface area (Å²) in [6.07, 6.45) is 46.7. The van der Waals surface area contributed by atoms with Crippen molar-refractivity contribution in [1.29, 1.82) is 0 Å². The summed E-state index contributed by atoms with van der Waals surface area (Å²) >= 11 is 0. The minimum Gasteiger partial charge on any atom is -0.462 e. The quantitative estimate of drug-likeness (QED) is 0.0155. The van der Waals surface area contributed by atoms with Gasteiger partial charge in [0.2, 0.25) is 0 Å². The van der Waals surface area contributed by atoms with Gasteiger partial charge in [0.25, 0.3) is 0 Å². The number of carbonyl (C=O) groups excluding carboxylic acids is 2. The molecule has 0 aromatic carbocycles. The molecule has 11 heteroatoms. The largest absolute Gasteiger partial charge is 0.472 e. The number of nitrogens with zero attached hydrogens (tertiary/aromatic N) is 1.